The second-order valence-corrected chi connectivity index (χ2v) is 4.74. The lowest BCUT2D eigenvalue weighted by atomic mass is 10.2. The maximum atomic E-state index is 12.9. The summed E-state index contributed by atoms with van der Waals surface area (Å²) in [5.74, 6) is -2.47. The number of hydrogen-bond acceptors (Lipinski definition) is 6. The van der Waals surface area contributed by atoms with E-state index in [2.05, 4.69) is 9.47 Å². The van der Waals surface area contributed by atoms with Crippen molar-refractivity contribution in [2.24, 2.45) is 0 Å². The maximum Gasteiger partial charge on any atom is 0.465 e. The molecule has 0 saturated heterocycles. The lowest BCUT2D eigenvalue weighted by Gasteiger charge is -2.22. The highest BCUT2D eigenvalue weighted by molar-refractivity contribution is 7.87. The molecule has 0 aliphatic heterocycles. The summed E-state index contributed by atoms with van der Waals surface area (Å²) in [6, 6.07) is 0. The number of hydrogen-bond donors (Lipinski definition) is 1. The van der Waals surface area contributed by atoms with E-state index in [9.17, 15) is 26.8 Å². The van der Waals surface area contributed by atoms with E-state index in [-0.39, 0.29) is 0 Å². The summed E-state index contributed by atoms with van der Waals surface area (Å²) in [6.45, 7) is 1.33. The van der Waals surface area contributed by atoms with Crippen molar-refractivity contribution in [2.75, 3.05) is 7.11 Å². The lowest BCUT2D eigenvalue weighted by molar-refractivity contribution is -0.173. The van der Waals surface area contributed by atoms with Gasteiger partial charge in [0.05, 0.1) is 6.10 Å². The largest absolute Gasteiger partial charge is 0.465 e. The zero-order valence-corrected chi connectivity index (χ0v) is 10.3. The smallest absolute Gasteiger partial charge is 0.454 e. The van der Waals surface area contributed by atoms with Gasteiger partial charge in [-0.3, -0.25) is 4.55 Å². The van der Waals surface area contributed by atoms with Gasteiger partial charge >= 0.3 is 21.3 Å². The van der Waals surface area contributed by atoms with Crippen molar-refractivity contribution in [3.8, 4) is 0 Å². The molecule has 0 aliphatic rings. The molecule has 106 valence electrons. The van der Waals surface area contributed by atoms with Crippen LogP contribution in [0.1, 0.15) is 13.3 Å². The third kappa shape index (κ3) is 3.96. The van der Waals surface area contributed by atoms with Gasteiger partial charge in [0, 0.05) is 13.5 Å². The molecule has 7 nitrogen and oxygen atoms in total. The zero-order chi connectivity index (χ0) is 14.6. The van der Waals surface area contributed by atoms with Crippen LogP contribution in [-0.4, -0.2) is 49.8 Å². The van der Waals surface area contributed by atoms with Gasteiger partial charge in [-0.25, -0.2) is 4.79 Å². The van der Waals surface area contributed by atoms with Gasteiger partial charge in [0.25, 0.3) is 0 Å². The summed E-state index contributed by atoms with van der Waals surface area (Å²) in [7, 11) is -4.75. The topological polar surface area (TPSA) is 107 Å². The highest BCUT2D eigenvalue weighted by atomic mass is 32.2. The lowest BCUT2D eigenvalue weighted by Crippen LogP contribution is -2.43. The summed E-state index contributed by atoms with van der Waals surface area (Å²) in [6.07, 6.45) is -2.45. The first-order valence-corrected chi connectivity index (χ1v) is 6.04. The Morgan fingerprint density at radius 1 is 1.50 bits per heavy atom. The van der Waals surface area contributed by atoms with Crippen LogP contribution < -0.4 is 0 Å². The fraction of sp³-hybridized carbons (Fsp3) is 0.750. The number of alkyl halides is 2. The first-order chi connectivity index (χ1) is 8.07. The number of halogens is 2. The second kappa shape index (κ2) is 6.16. The van der Waals surface area contributed by atoms with E-state index < -0.39 is 40.0 Å². The molecule has 0 rings (SSSR count). The van der Waals surface area contributed by atoms with Crippen molar-refractivity contribution in [2.45, 2.75) is 30.8 Å². The molecule has 0 saturated carbocycles. The van der Waals surface area contributed by atoms with Crippen LogP contribution >= 0.6 is 0 Å². The van der Waals surface area contributed by atoms with Crippen LogP contribution in [0, 0.1) is 0 Å². The quantitative estimate of drug-likeness (QED) is 0.399. The summed E-state index contributed by atoms with van der Waals surface area (Å²) >= 11 is 0. The van der Waals surface area contributed by atoms with Crippen LogP contribution in [-0.2, 0) is 29.2 Å². The normalized spacial score (nSPS) is 15.8. The van der Waals surface area contributed by atoms with Gasteiger partial charge < -0.3 is 14.3 Å². The van der Waals surface area contributed by atoms with Crippen molar-refractivity contribution in [3.63, 3.8) is 0 Å². The molecule has 0 fully saturated rings. The van der Waals surface area contributed by atoms with Crippen LogP contribution in [0.4, 0.5) is 8.78 Å². The molecule has 0 heterocycles. The number of ether oxygens (including phenoxy) is 2. The summed E-state index contributed by atoms with van der Waals surface area (Å²) < 4.78 is 63.3. The molecule has 0 bridgehead atoms. The molecule has 0 aliphatic carbocycles. The van der Waals surface area contributed by atoms with Crippen LogP contribution in [0.15, 0.2) is 0 Å². The van der Waals surface area contributed by atoms with E-state index in [1.807, 2.05) is 0 Å². The molecular formula is C8H12F2O7S. The predicted molar refractivity (Wildman–Crippen MR) is 53.5 cm³/mol. The second-order valence-electron chi connectivity index (χ2n) is 3.28. The van der Waals surface area contributed by atoms with Crippen molar-refractivity contribution in [1.82, 2.24) is 0 Å². The van der Waals surface area contributed by atoms with Gasteiger partial charge in [0.1, 0.15) is 12.4 Å². The molecule has 2 unspecified atom stereocenters. The molecule has 0 amide bonds. The van der Waals surface area contributed by atoms with E-state index in [1.165, 1.54) is 14.0 Å². The Morgan fingerprint density at radius 2 is 2.00 bits per heavy atom. The molecule has 0 spiro atoms. The molecule has 0 aromatic heterocycles. The Hall–Kier alpha value is -1.13. The Bertz CT molecular complexity index is 406. The Morgan fingerprint density at radius 3 is 2.33 bits per heavy atom. The van der Waals surface area contributed by atoms with Gasteiger partial charge in [-0.15, -0.1) is 0 Å². The summed E-state index contributed by atoms with van der Waals surface area (Å²) in [4.78, 5) is 21.2. The summed E-state index contributed by atoms with van der Waals surface area (Å²) in [5, 5.41) is -5.10. The zero-order valence-electron chi connectivity index (χ0n) is 9.50. The fourth-order valence-corrected chi connectivity index (χ4v) is 1.15. The number of esters is 1. The van der Waals surface area contributed by atoms with E-state index in [0.29, 0.717) is 6.29 Å². The van der Waals surface area contributed by atoms with E-state index in [1.54, 1.807) is 0 Å². The molecular weight excluding hydrogens is 278 g/mol. The molecule has 0 radical (unpaired) electrons. The van der Waals surface area contributed by atoms with E-state index in [0.717, 1.165) is 0 Å². The van der Waals surface area contributed by atoms with Crippen molar-refractivity contribution in [3.05, 3.63) is 0 Å². The number of aldehydes is 1. The minimum atomic E-state index is -5.93. The standard InChI is InChI=1S/C8H12F2O7S/c1-5(16-2)6(3-4-11)17-7(12)8(9,10)18(13,14)15/h4-6H,3H2,1-2H3,(H,13,14,15). The van der Waals surface area contributed by atoms with Crippen LogP contribution in [0.3, 0.4) is 0 Å². The molecule has 18 heavy (non-hydrogen) atoms. The molecule has 10 heteroatoms. The SMILES string of the molecule is COC(C)C(CC=O)OC(=O)C(F)(F)S(=O)(=O)O. The predicted octanol–water partition coefficient (Wildman–Crippen LogP) is 0.00270. The first-order valence-electron chi connectivity index (χ1n) is 4.60. The van der Waals surface area contributed by atoms with Gasteiger partial charge in [-0.05, 0) is 6.92 Å². The van der Waals surface area contributed by atoms with Gasteiger partial charge in [-0.1, -0.05) is 0 Å². The highest BCUT2D eigenvalue weighted by Gasteiger charge is 2.55. The maximum absolute atomic E-state index is 12.9. The summed E-state index contributed by atoms with van der Waals surface area (Å²) in [5.41, 5.74) is 0. The molecule has 1 N–H and O–H groups in total. The Kier molecular flexibility index (Phi) is 5.77. The van der Waals surface area contributed by atoms with Gasteiger partial charge in [-0.2, -0.15) is 17.2 Å². The molecule has 2 atom stereocenters. The third-order valence-electron chi connectivity index (χ3n) is 2.04. The van der Waals surface area contributed by atoms with Crippen molar-refractivity contribution >= 4 is 22.4 Å². The van der Waals surface area contributed by atoms with Crippen molar-refractivity contribution in [1.29, 1.82) is 0 Å². The Balaban J connectivity index is 4.96. The van der Waals surface area contributed by atoms with Crippen LogP contribution in [0.2, 0.25) is 0 Å². The average molecular weight is 290 g/mol. The highest BCUT2D eigenvalue weighted by Crippen LogP contribution is 2.24. The van der Waals surface area contributed by atoms with Crippen LogP contribution in [0.25, 0.3) is 0 Å². The number of methoxy groups -OCH3 is 1. The number of rotatable bonds is 7. The van der Waals surface area contributed by atoms with Gasteiger partial charge in [0.2, 0.25) is 0 Å². The van der Waals surface area contributed by atoms with E-state index >= 15 is 0 Å². The van der Waals surface area contributed by atoms with Crippen molar-refractivity contribution < 1.29 is 40.8 Å². The fourth-order valence-electron chi connectivity index (χ4n) is 0.894. The van der Waals surface area contributed by atoms with E-state index in [4.69, 9.17) is 4.55 Å². The monoisotopic (exact) mass is 290 g/mol. The third-order valence-corrected chi connectivity index (χ3v) is 2.86. The first kappa shape index (κ1) is 16.9. The minimum Gasteiger partial charge on any atom is -0.454 e. The minimum absolute atomic E-state index is 0.291. The van der Waals surface area contributed by atoms with Gasteiger partial charge in [0.15, 0.2) is 0 Å². The number of carbonyl (C=O) groups excluding carboxylic acids is 2. The van der Waals surface area contributed by atoms with Crippen LogP contribution in [0.5, 0.6) is 0 Å². The molecule has 0 aromatic rings. The number of carbonyl (C=O) groups is 2. The average Bonchev–Trinajstić information content (AvgIpc) is 2.25. The Labute approximate surface area is 102 Å². The molecule has 0 aromatic carbocycles.